The van der Waals surface area contributed by atoms with E-state index in [1.165, 1.54) is 19.1 Å². The van der Waals surface area contributed by atoms with Crippen molar-refractivity contribution in [2.24, 2.45) is 0 Å². The van der Waals surface area contributed by atoms with Gasteiger partial charge in [-0.25, -0.2) is 9.37 Å². The molecule has 1 unspecified atom stereocenters. The van der Waals surface area contributed by atoms with Crippen LogP contribution >= 0.6 is 0 Å². The zero-order chi connectivity index (χ0) is 18.0. The number of rotatable bonds is 5. The van der Waals surface area contributed by atoms with Gasteiger partial charge in [0.15, 0.2) is 0 Å². The van der Waals surface area contributed by atoms with Crippen LogP contribution < -0.4 is 5.32 Å². The molecule has 0 aliphatic rings. The molecule has 3 rings (SSSR count). The highest BCUT2D eigenvalue weighted by Gasteiger charge is 2.13. The van der Waals surface area contributed by atoms with E-state index in [0.29, 0.717) is 28.8 Å². The monoisotopic (exact) mass is 339 g/mol. The van der Waals surface area contributed by atoms with Crippen LogP contribution in [-0.4, -0.2) is 27.7 Å². The first-order chi connectivity index (χ1) is 11.9. The second kappa shape index (κ2) is 6.84. The van der Waals surface area contributed by atoms with Crippen LogP contribution in [0.2, 0.25) is 0 Å². The van der Waals surface area contributed by atoms with Crippen molar-refractivity contribution in [2.45, 2.75) is 26.3 Å². The molecule has 5 nitrogen and oxygen atoms in total. The Kier molecular flexibility index (Phi) is 4.61. The van der Waals surface area contributed by atoms with E-state index in [0.717, 1.165) is 5.56 Å². The molecule has 128 valence electrons. The first-order valence-electron chi connectivity index (χ1n) is 7.98. The molecule has 0 spiro atoms. The van der Waals surface area contributed by atoms with Gasteiger partial charge in [-0.3, -0.25) is 9.59 Å². The Morgan fingerprint density at radius 3 is 2.60 bits per heavy atom. The number of aromatic amines is 1. The quantitative estimate of drug-likeness (QED) is 0.747. The minimum Gasteiger partial charge on any atom is -0.349 e. The molecule has 0 bridgehead atoms. The van der Waals surface area contributed by atoms with Crippen LogP contribution in [0, 0.1) is 5.82 Å². The Labute approximate surface area is 144 Å². The number of ketones is 1. The van der Waals surface area contributed by atoms with Gasteiger partial charge in [-0.05, 0) is 56.3 Å². The number of halogens is 1. The maximum absolute atomic E-state index is 13.0. The van der Waals surface area contributed by atoms with Crippen LogP contribution in [0.1, 0.15) is 30.6 Å². The molecular weight excluding hydrogens is 321 g/mol. The summed E-state index contributed by atoms with van der Waals surface area (Å²) >= 11 is 0. The molecule has 0 aliphatic carbocycles. The van der Waals surface area contributed by atoms with E-state index in [1.54, 1.807) is 37.3 Å². The lowest BCUT2D eigenvalue weighted by molar-refractivity contribution is -0.117. The molecule has 1 aromatic heterocycles. The fourth-order valence-electron chi connectivity index (χ4n) is 2.68. The highest BCUT2D eigenvalue weighted by molar-refractivity contribution is 5.98. The number of imidazole rings is 1. The Morgan fingerprint density at radius 2 is 1.92 bits per heavy atom. The van der Waals surface area contributed by atoms with Gasteiger partial charge in [0.2, 0.25) is 0 Å². The molecule has 25 heavy (non-hydrogen) atoms. The fourth-order valence-corrected chi connectivity index (χ4v) is 2.68. The molecule has 0 fully saturated rings. The average molecular weight is 339 g/mol. The van der Waals surface area contributed by atoms with Crippen molar-refractivity contribution >= 4 is 22.7 Å². The van der Waals surface area contributed by atoms with Gasteiger partial charge in [0.25, 0.3) is 5.91 Å². The summed E-state index contributed by atoms with van der Waals surface area (Å²) in [5.41, 5.74) is 2.68. The third-order valence-corrected chi connectivity index (χ3v) is 3.83. The molecular formula is C19H18FN3O2. The van der Waals surface area contributed by atoms with Crippen molar-refractivity contribution in [2.75, 3.05) is 0 Å². The summed E-state index contributed by atoms with van der Waals surface area (Å²) in [6, 6.07) is 11.0. The molecule has 1 amide bonds. The molecule has 0 aliphatic heterocycles. The lowest BCUT2D eigenvalue weighted by Crippen LogP contribution is -2.33. The number of carbonyl (C=O) groups excluding carboxylic acids is 2. The summed E-state index contributed by atoms with van der Waals surface area (Å²) < 4.78 is 13.0. The van der Waals surface area contributed by atoms with Gasteiger partial charge in [0.1, 0.15) is 17.4 Å². The normalized spacial score (nSPS) is 12.1. The number of hydrogen-bond acceptors (Lipinski definition) is 3. The largest absolute Gasteiger partial charge is 0.349 e. The highest BCUT2D eigenvalue weighted by atomic mass is 19.1. The predicted molar refractivity (Wildman–Crippen MR) is 93.7 cm³/mol. The van der Waals surface area contributed by atoms with Gasteiger partial charge >= 0.3 is 0 Å². The lowest BCUT2D eigenvalue weighted by Gasteiger charge is -2.12. The van der Waals surface area contributed by atoms with Crippen molar-refractivity contribution in [3.8, 4) is 11.4 Å². The Bertz CT molecular complexity index is 931. The third-order valence-electron chi connectivity index (χ3n) is 3.83. The van der Waals surface area contributed by atoms with Gasteiger partial charge < -0.3 is 10.3 Å². The summed E-state index contributed by atoms with van der Waals surface area (Å²) in [6.07, 6.45) is 0.298. The fraction of sp³-hybridized carbons (Fsp3) is 0.211. The second-order valence-electron chi connectivity index (χ2n) is 6.10. The van der Waals surface area contributed by atoms with Crippen molar-refractivity contribution in [1.82, 2.24) is 15.3 Å². The van der Waals surface area contributed by atoms with Crippen molar-refractivity contribution < 1.29 is 14.0 Å². The minimum atomic E-state index is -0.307. The van der Waals surface area contributed by atoms with Crippen LogP contribution in [0.5, 0.6) is 0 Å². The van der Waals surface area contributed by atoms with Crippen molar-refractivity contribution in [3.63, 3.8) is 0 Å². The number of carbonyl (C=O) groups is 2. The molecule has 3 aromatic rings. The molecule has 6 heteroatoms. The molecule has 1 heterocycles. The van der Waals surface area contributed by atoms with Crippen LogP contribution in [0.3, 0.4) is 0 Å². The van der Waals surface area contributed by atoms with Crippen LogP contribution in [0.15, 0.2) is 42.5 Å². The SMILES string of the molecule is CC(=O)CC(C)NC(=O)c1ccc2nc(-c3ccc(F)cc3)[nH]c2c1. The summed E-state index contributed by atoms with van der Waals surface area (Å²) in [5, 5.41) is 2.80. The predicted octanol–water partition coefficient (Wildman–Crippen LogP) is 3.47. The van der Waals surface area contributed by atoms with E-state index in [1.807, 2.05) is 0 Å². The number of nitrogens with zero attached hydrogens (tertiary/aromatic N) is 1. The van der Waals surface area contributed by atoms with E-state index in [2.05, 4.69) is 15.3 Å². The van der Waals surface area contributed by atoms with Crippen LogP contribution in [-0.2, 0) is 4.79 Å². The minimum absolute atomic E-state index is 0.0285. The van der Waals surface area contributed by atoms with Gasteiger partial charge in [-0.2, -0.15) is 0 Å². The summed E-state index contributed by atoms with van der Waals surface area (Å²) in [6.45, 7) is 3.29. The molecule has 0 radical (unpaired) electrons. The average Bonchev–Trinajstić information content (AvgIpc) is 2.97. The van der Waals surface area contributed by atoms with Gasteiger partial charge in [-0.15, -0.1) is 0 Å². The lowest BCUT2D eigenvalue weighted by atomic mass is 10.1. The first-order valence-corrected chi connectivity index (χ1v) is 7.98. The number of hydrogen-bond donors (Lipinski definition) is 2. The smallest absolute Gasteiger partial charge is 0.251 e. The van der Waals surface area contributed by atoms with E-state index < -0.39 is 0 Å². The first kappa shape index (κ1) is 16.8. The number of H-pyrrole nitrogens is 1. The van der Waals surface area contributed by atoms with E-state index in [9.17, 15) is 14.0 Å². The standard InChI is InChI=1S/C19H18FN3O2/c1-11(9-12(2)24)21-19(25)14-5-8-16-17(10-14)23-18(22-16)13-3-6-15(20)7-4-13/h3-8,10-11H,9H2,1-2H3,(H,21,25)(H,22,23). The van der Waals surface area contributed by atoms with Gasteiger partial charge in [0, 0.05) is 23.6 Å². The topological polar surface area (TPSA) is 74.8 Å². The molecule has 2 aromatic carbocycles. The van der Waals surface area contributed by atoms with E-state index in [4.69, 9.17) is 0 Å². The maximum atomic E-state index is 13.0. The summed E-state index contributed by atoms with van der Waals surface area (Å²) in [5.74, 6) is 0.0883. The Hall–Kier alpha value is -3.02. The molecule has 0 saturated heterocycles. The van der Waals surface area contributed by atoms with E-state index in [-0.39, 0.29) is 23.5 Å². The third kappa shape index (κ3) is 3.91. The molecule has 0 saturated carbocycles. The zero-order valence-corrected chi connectivity index (χ0v) is 14.0. The number of fused-ring (bicyclic) bond motifs is 1. The van der Waals surface area contributed by atoms with Crippen molar-refractivity contribution in [3.05, 3.63) is 53.8 Å². The number of nitrogens with one attached hydrogen (secondary N) is 2. The number of amides is 1. The summed E-state index contributed by atoms with van der Waals surface area (Å²) in [4.78, 5) is 31.0. The molecule has 2 N–H and O–H groups in total. The Balaban J connectivity index is 1.83. The zero-order valence-electron chi connectivity index (χ0n) is 14.0. The number of aromatic nitrogens is 2. The maximum Gasteiger partial charge on any atom is 0.251 e. The van der Waals surface area contributed by atoms with Crippen molar-refractivity contribution in [1.29, 1.82) is 0 Å². The highest BCUT2D eigenvalue weighted by Crippen LogP contribution is 2.21. The van der Waals surface area contributed by atoms with E-state index >= 15 is 0 Å². The Morgan fingerprint density at radius 1 is 1.20 bits per heavy atom. The van der Waals surface area contributed by atoms with Crippen LogP contribution in [0.25, 0.3) is 22.4 Å². The van der Waals surface area contributed by atoms with Crippen LogP contribution in [0.4, 0.5) is 4.39 Å². The summed E-state index contributed by atoms with van der Waals surface area (Å²) in [7, 11) is 0. The second-order valence-corrected chi connectivity index (χ2v) is 6.10. The number of Topliss-reactive ketones (excluding diaryl/α,β-unsaturated/α-hetero) is 1. The van der Waals surface area contributed by atoms with Gasteiger partial charge in [-0.1, -0.05) is 0 Å². The number of benzene rings is 2. The van der Waals surface area contributed by atoms with Gasteiger partial charge in [0.05, 0.1) is 11.0 Å². The molecule has 1 atom stereocenters.